The first-order valence-corrected chi connectivity index (χ1v) is 7.83. The van der Waals surface area contributed by atoms with Crippen molar-refractivity contribution in [3.8, 4) is 5.75 Å². The van der Waals surface area contributed by atoms with E-state index in [1.54, 1.807) is 7.11 Å². The number of amides is 1. The van der Waals surface area contributed by atoms with E-state index in [1.807, 2.05) is 12.1 Å². The van der Waals surface area contributed by atoms with Crippen molar-refractivity contribution in [3.05, 3.63) is 29.8 Å². The van der Waals surface area contributed by atoms with Crippen molar-refractivity contribution in [3.63, 3.8) is 0 Å². The van der Waals surface area contributed by atoms with Crippen molar-refractivity contribution >= 4 is 18.3 Å². The van der Waals surface area contributed by atoms with Gasteiger partial charge in [0, 0.05) is 18.5 Å². The fourth-order valence-electron chi connectivity index (χ4n) is 2.85. The smallest absolute Gasteiger partial charge is 0.223 e. The standard InChI is InChI=1S/C17H26N2O2.ClH/c1-13-11-15(8-10-18-13)17(20)19-9-4-6-14-5-3-7-16(12-14)21-2;/h3,5,7,12-13,15,18H,4,6,8-11H2,1-2H3,(H,19,20);1H/t13-,15-;/m0./s1. The predicted octanol–water partition coefficient (Wildman–Crippen LogP) is 2.55. The lowest BCUT2D eigenvalue weighted by atomic mass is 9.92. The molecule has 2 N–H and O–H groups in total. The molecule has 5 heteroatoms. The van der Waals surface area contributed by atoms with Crippen LogP contribution in [0.5, 0.6) is 5.75 Å². The summed E-state index contributed by atoms with van der Waals surface area (Å²) in [6.45, 7) is 3.83. The molecule has 0 radical (unpaired) electrons. The van der Waals surface area contributed by atoms with Crippen molar-refractivity contribution in [2.45, 2.75) is 38.6 Å². The van der Waals surface area contributed by atoms with Gasteiger partial charge in [-0.15, -0.1) is 12.4 Å². The van der Waals surface area contributed by atoms with Crippen LogP contribution in [0.15, 0.2) is 24.3 Å². The minimum absolute atomic E-state index is 0. The first-order chi connectivity index (χ1) is 10.2. The van der Waals surface area contributed by atoms with E-state index in [9.17, 15) is 4.79 Å². The van der Waals surface area contributed by atoms with Crippen LogP contribution < -0.4 is 15.4 Å². The van der Waals surface area contributed by atoms with Gasteiger partial charge in [0.25, 0.3) is 0 Å². The maximum absolute atomic E-state index is 12.1. The van der Waals surface area contributed by atoms with E-state index < -0.39 is 0 Å². The van der Waals surface area contributed by atoms with E-state index in [0.29, 0.717) is 6.04 Å². The first kappa shape index (κ1) is 18.8. The van der Waals surface area contributed by atoms with Gasteiger partial charge in [0.15, 0.2) is 0 Å². The summed E-state index contributed by atoms with van der Waals surface area (Å²) in [5.41, 5.74) is 1.25. The Morgan fingerprint density at radius 1 is 1.45 bits per heavy atom. The van der Waals surface area contributed by atoms with Crippen LogP contribution in [0.25, 0.3) is 0 Å². The van der Waals surface area contributed by atoms with E-state index in [4.69, 9.17) is 4.74 Å². The van der Waals surface area contributed by atoms with E-state index in [0.717, 1.165) is 44.5 Å². The molecule has 1 aliphatic heterocycles. The highest BCUT2D eigenvalue weighted by Crippen LogP contribution is 2.16. The van der Waals surface area contributed by atoms with E-state index in [2.05, 4.69) is 29.7 Å². The average Bonchev–Trinajstić information content (AvgIpc) is 2.51. The molecule has 0 aliphatic carbocycles. The normalized spacial score (nSPS) is 20.8. The highest BCUT2D eigenvalue weighted by Gasteiger charge is 2.24. The maximum Gasteiger partial charge on any atom is 0.223 e. The maximum atomic E-state index is 12.1. The molecule has 4 nitrogen and oxygen atoms in total. The Morgan fingerprint density at radius 2 is 2.27 bits per heavy atom. The molecule has 1 aromatic rings. The zero-order valence-electron chi connectivity index (χ0n) is 13.4. The Labute approximate surface area is 139 Å². The molecule has 0 unspecified atom stereocenters. The van der Waals surface area contributed by atoms with E-state index in [-0.39, 0.29) is 24.2 Å². The van der Waals surface area contributed by atoms with Crippen molar-refractivity contribution in [2.24, 2.45) is 5.92 Å². The summed E-state index contributed by atoms with van der Waals surface area (Å²) in [6, 6.07) is 8.55. The lowest BCUT2D eigenvalue weighted by molar-refractivity contribution is -0.126. The number of methoxy groups -OCH3 is 1. The molecule has 1 heterocycles. The fourth-order valence-corrected chi connectivity index (χ4v) is 2.85. The van der Waals surface area contributed by atoms with Crippen LogP contribution in [0.2, 0.25) is 0 Å². The molecule has 0 aromatic heterocycles. The number of carbonyl (C=O) groups is 1. The summed E-state index contributed by atoms with van der Waals surface area (Å²) in [5.74, 6) is 1.28. The number of carbonyl (C=O) groups excluding carboxylic acids is 1. The van der Waals surface area contributed by atoms with Gasteiger partial charge in [-0.1, -0.05) is 12.1 Å². The lowest BCUT2D eigenvalue weighted by Crippen LogP contribution is -2.42. The van der Waals surface area contributed by atoms with Crippen LogP contribution in [-0.4, -0.2) is 32.1 Å². The zero-order chi connectivity index (χ0) is 15.1. The molecule has 1 saturated heterocycles. The molecule has 0 saturated carbocycles. The Balaban J connectivity index is 0.00000242. The number of hydrogen-bond donors (Lipinski definition) is 2. The minimum Gasteiger partial charge on any atom is -0.497 e. The molecule has 1 aromatic carbocycles. The molecule has 22 heavy (non-hydrogen) atoms. The van der Waals surface area contributed by atoms with Gasteiger partial charge in [0.1, 0.15) is 5.75 Å². The van der Waals surface area contributed by atoms with Crippen LogP contribution in [0, 0.1) is 5.92 Å². The molecule has 1 fully saturated rings. The monoisotopic (exact) mass is 326 g/mol. The van der Waals surface area contributed by atoms with Crippen LogP contribution in [-0.2, 0) is 11.2 Å². The number of hydrogen-bond acceptors (Lipinski definition) is 3. The summed E-state index contributed by atoms with van der Waals surface area (Å²) in [6.07, 6.45) is 3.81. The van der Waals surface area contributed by atoms with Crippen LogP contribution in [0.1, 0.15) is 31.7 Å². The van der Waals surface area contributed by atoms with Gasteiger partial charge < -0.3 is 15.4 Å². The second kappa shape index (κ2) is 9.70. The largest absolute Gasteiger partial charge is 0.497 e. The molecule has 0 spiro atoms. The second-order valence-electron chi connectivity index (χ2n) is 5.82. The topological polar surface area (TPSA) is 50.4 Å². The number of aryl methyl sites for hydroxylation is 1. The summed E-state index contributed by atoms with van der Waals surface area (Å²) in [4.78, 5) is 12.1. The van der Waals surface area contributed by atoms with Crippen LogP contribution in [0.3, 0.4) is 0 Å². The third-order valence-corrected chi connectivity index (χ3v) is 4.07. The summed E-state index contributed by atoms with van der Waals surface area (Å²) >= 11 is 0. The third-order valence-electron chi connectivity index (χ3n) is 4.07. The van der Waals surface area contributed by atoms with Gasteiger partial charge in [0.2, 0.25) is 5.91 Å². The number of nitrogens with one attached hydrogen (secondary N) is 2. The molecule has 2 rings (SSSR count). The highest BCUT2D eigenvalue weighted by molar-refractivity contribution is 5.85. The third kappa shape index (κ3) is 5.85. The number of ether oxygens (including phenoxy) is 1. The number of rotatable bonds is 6. The molecule has 124 valence electrons. The number of halogens is 1. The van der Waals surface area contributed by atoms with E-state index in [1.165, 1.54) is 5.56 Å². The Bertz CT molecular complexity index is 468. The minimum atomic E-state index is 0. The summed E-state index contributed by atoms with van der Waals surface area (Å²) < 4.78 is 5.21. The first-order valence-electron chi connectivity index (χ1n) is 7.83. The molecule has 0 bridgehead atoms. The van der Waals surface area contributed by atoms with E-state index >= 15 is 0 Å². The van der Waals surface area contributed by atoms with Gasteiger partial charge >= 0.3 is 0 Å². The number of benzene rings is 1. The Kier molecular flexibility index (Phi) is 8.28. The van der Waals surface area contributed by atoms with Crippen molar-refractivity contribution in [1.29, 1.82) is 0 Å². The van der Waals surface area contributed by atoms with Gasteiger partial charge in [-0.2, -0.15) is 0 Å². The Hall–Kier alpha value is -1.26. The van der Waals surface area contributed by atoms with Crippen LogP contribution >= 0.6 is 12.4 Å². The molecule has 1 aliphatic rings. The SMILES string of the molecule is COc1cccc(CCCNC(=O)[C@H]2CCN[C@@H](C)C2)c1.Cl. The quantitative estimate of drug-likeness (QED) is 0.790. The highest BCUT2D eigenvalue weighted by atomic mass is 35.5. The van der Waals surface area contributed by atoms with Gasteiger partial charge in [-0.05, 0) is 56.8 Å². The molecule has 1 amide bonds. The average molecular weight is 327 g/mol. The van der Waals surface area contributed by atoms with Crippen LogP contribution in [0.4, 0.5) is 0 Å². The molecular formula is C17H27ClN2O2. The number of piperidine rings is 1. The van der Waals surface area contributed by atoms with Gasteiger partial charge in [-0.25, -0.2) is 0 Å². The Morgan fingerprint density at radius 3 is 3.00 bits per heavy atom. The van der Waals surface area contributed by atoms with Crippen molar-refractivity contribution in [1.82, 2.24) is 10.6 Å². The fraction of sp³-hybridized carbons (Fsp3) is 0.588. The van der Waals surface area contributed by atoms with Crippen molar-refractivity contribution in [2.75, 3.05) is 20.2 Å². The zero-order valence-corrected chi connectivity index (χ0v) is 14.2. The molecule has 2 atom stereocenters. The van der Waals surface area contributed by atoms with Gasteiger partial charge in [-0.3, -0.25) is 4.79 Å². The van der Waals surface area contributed by atoms with Gasteiger partial charge in [0.05, 0.1) is 7.11 Å². The van der Waals surface area contributed by atoms with Crippen molar-refractivity contribution < 1.29 is 9.53 Å². The summed E-state index contributed by atoms with van der Waals surface area (Å²) in [5, 5.41) is 6.45. The molecular weight excluding hydrogens is 300 g/mol. The second-order valence-corrected chi connectivity index (χ2v) is 5.82. The lowest BCUT2D eigenvalue weighted by Gasteiger charge is -2.27. The summed E-state index contributed by atoms with van der Waals surface area (Å²) in [7, 11) is 1.68. The predicted molar refractivity (Wildman–Crippen MR) is 91.8 cm³/mol.